The highest BCUT2D eigenvalue weighted by Crippen LogP contribution is 2.40. The van der Waals surface area contributed by atoms with Crippen molar-refractivity contribution in [1.29, 1.82) is 0 Å². The number of aromatic nitrogens is 2. The second-order valence-corrected chi connectivity index (χ2v) is 5.37. The molecule has 0 spiro atoms. The fraction of sp³-hybridized carbons (Fsp3) is 0.300. The Morgan fingerprint density at radius 1 is 1.53 bits per heavy atom. The molecule has 0 bridgehead atoms. The average Bonchev–Trinajstić information content (AvgIpc) is 2.87. The molecule has 5 nitrogen and oxygen atoms in total. The maximum absolute atomic E-state index is 10.7. The second-order valence-electron chi connectivity index (χ2n) is 3.75. The van der Waals surface area contributed by atoms with Crippen LogP contribution in [0.1, 0.15) is 34.3 Å². The predicted molar refractivity (Wildman–Crippen MR) is 63.2 cm³/mol. The third-order valence-corrected chi connectivity index (χ3v) is 3.86. The van der Waals surface area contributed by atoms with Crippen molar-refractivity contribution in [2.24, 2.45) is 0 Å². The van der Waals surface area contributed by atoms with Gasteiger partial charge in [0.05, 0.1) is 0 Å². The van der Waals surface area contributed by atoms with E-state index in [-0.39, 0.29) is 4.88 Å². The van der Waals surface area contributed by atoms with Crippen molar-refractivity contribution >= 4 is 28.8 Å². The van der Waals surface area contributed by atoms with E-state index in [1.807, 2.05) is 0 Å². The van der Waals surface area contributed by atoms with Crippen LogP contribution >= 0.6 is 22.9 Å². The van der Waals surface area contributed by atoms with E-state index in [4.69, 9.17) is 9.84 Å². The van der Waals surface area contributed by atoms with Crippen molar-refractivity contribution in [2.75, 3.05) is 0 Å². The van der Waals surface area contributed by atoms with E-state index in [2.05, 4.69) is 9.36 Å². The quantitative estimate of drug-likeness (QED) is 0.922. The first-order valence-electron chi connectivity index (χ1n) is 5.05. The van der Waals surface area contributed by atoms with E-state index in [1.54, 1.807) is 5.38 Å². The van der Waals surface area contributed by atoms with Gasteiger partial charge in [0, 0.05) is 28.9 Å². The van der Waals surface area contributed by atoms with Crippen LogP contribution in [-0.2, 0) is 0 Å². The van der Waals surface area contributed by atoms with E-state index in [9.17, 15) is 4.79 Å². The van der Waals surface area contributed by atoms with E-state index in [0.29, 0.717) is 16.9 Å². The lowest BCUT2D eigenvalue weighted by molar-refractivity contribution is 0.0702. The van der Waals surface area contributed by atoms with Crippen LogP contribution in [0.3, 0.4) is 0 Å². The molecule has 0 saturated heterocycles. The molecule has 1 aliphatic carbocycles. The molecule has 0 aromatic carbocycles. The van der Waals surface area contributed by atoms with Gasteiger partial charge in [0.1, 0.15) is 16.5 Å². The zero-order valence-corrected chi connectivity index (χ0v) is 10.3. The van der Waals surface area contributed by atoms with Crippen molar-refractivity contribution in [3.8, 4) is 10.9 Å². The van der Waals surface area contributed by atoms with E-state index in [0.717, 1.165) is 30.0 Å². The summed E-state index contributed by atoms with van der Waals surface area (Å²) in [6.07, 6.45) is 2.30. The molecule has 0 unspecified atom stereocenters. The SMILES string of the molecule is O=C(O)c1cc(Oc2nc(C3CC3)ns2)cs1. The lowest BCUT2D eigenvalue weighted by Gasteiger charge is -1.94. The number of hydrogen-bond donors (Lipinski definition) is 1. The van der Waals surface area contributed by atoms with Gasteiger partial charge in [-0.15, -0.1) is 11.3 Å². The van der Waals surface area contributed by atoms with Gasteiger partial charge < -0.3 is 9.84 Å². The highest BCUT2D eigenvalue weighted by molar-refractivity contribution is 7.12. The molecule has 1 fully saturated rings. The van der Waals surface area contributed by atoms with Gasteiger partial charge in [-0.1, -0.05) is 0 Å². The van der Waals surface area contributed by atoms with Crippen molar-refractivity contribution in [3.63, 3.8) is 0 Å². The molecule has 17 heavy (non-hydrogen) atoms. The van der Waals surface area contributed by atoms with Crippen LogP contribution in [0.2, 0.25) is 0 Å². The van der Waals surface area contributed by atoms with Crippen LogP contribution < -0.4 is 4.74 Å². The highest BCUT2D eigenvalue weighted by atomic mass is 32.1. The molecule has 0 amide bonds. The summed E-state index contributed by atoms with van der Waals surface area (Å²) >= 11 is 2.34. The summed E-state index contributed by atoms with van der Waals surface area (Å²) in [5.41, 5.74) is 0. The van der Waals surface area contributed by atoms with E-state index >= 15 is 0 Å². The Kier molecular flexibility index (Phi) is 2.56. The molecule has 0 aliphatic heterocycles. The fourth-order valence-electron chi connectivity index (χ4n) is 1.35. The number of hydrogen-bond acceptors (Lipinski definition) is 6. The normalized spacial score (nSPS) is 14.8. The first-order valence-corrected chi connectivity index (χ1v) is 6.71. The van der Waals surface area contributed by atoms with Gasteiger partial charge in [-0.2, -0.15) is 9.36 Å². The van der Waals surface area contributed by atoms with Gasteiger partial charge in [-0.05, 0) is 12.8 Å². The second kappa shape index (κ2) is 4.08. The lowest BCUT2D eigenvalue weighted by Crippen LogP contribution is -1.90. The van der Waals surface area contributed by atoms with Gasteiger partial charge in [-0.25, -0.2) is 4.79 Å². The zero-order chi connectivity index (χ0) is 11.8. The number of thiophene rings is 1. The molecule has 7 heteroatoms. The standard InChI is InChI=1S/C10H8N2O3S2/c13-9(14)7-3-6(4-16-7)15-10-11-8(12-17-10)5-1-2-5/h3-5H,1-2H2,(H,13,14). The minimum Gasteiger partial charge on any atom is -0.477 e. The summed E-state index contributed by atoms with van der Waals surface area (Å²) in [5.74, 6) is 0.908. The number of rotatable bonds is 4. The lowest BCUT2D eigenvalue weighted by atomic mass is 10.4. The number of carbonyl (C=O) groups is 1. The Morgan fingerprint density at radius 3 is 3.00 bits per heavy atom. The van der Waals surface area contributed by atoms with Crippen LogP contribution in [0.25, 0.3) is 0 Å². The maximum atomic E-state index is 10.7. The molecule has 0 radical (unpaired) electrons. The van der Waals surface area contributed by atoms with Gasteiger partial charge in [0.15, 0.2) is 0 Å². The first-order chi connectivity index (χ1) is 8.22. The molecular formula is C10H8N2O3S2. The summed E-state index contributed by atoms with van der Waals surface area (Å²) in [4.78, 5) is 15.2. The van der Waals surface area contributed by atoms with Crippen LogP contribution in [-0.4, -0.2) is 20.4 Å². The van der Waals surface area contributed by atoms with Crippen molar-refractivity contribution in [2.45, 2.75) is 18.8 Å². The van der Waals surface area contributed by atoms with E-state index < -0.39 is 5.97 Å². The minimum atomic E-state index is -0.944. The molecule has 2 heterocycles. The molecule has 1 N–H and O–H groups in total. The van der Waals surface area contributed by atoms with Gasteiger partial charge in [0.25, 0.3) is 5.19 Å². The number of carboxylic acid groups (broad SMARTS) is 1. The Hall–Kier alpha value is -1.47. The molecule has 2 aromatic rings. The smallest absolute Gasteiger partial charge is 0.346 e. The number of carboxylic acids is 1. The Labute approximate surface area is 105 Å². The monoisotopic (exact) mass is 268 g/mol. The largest absolute Gasteiger partial charge is 0.477 e. The highest BCUT2D eigenvalue weighted by Gasteiger charge is 2.28. The maximum Gasteiger partial charge on any atom is 0.346 e. The summed E-state index contributed by atoms with van der Waals surface area (Å²) in [5, 5.41) is 10.9. The molecule has 88 valence electrons. The number of aromatic carboxylic acids is 1. The van der Waals surface area contributed by atoms with Crippen LogP contribution in [0.15, 0.2) is 11.4 Å². The van der Waals surface area contributed by atoms with Gasteiger partial charge in [0.2, 0.25) is 0 Å². The first kappa shape index (κ1) is 10.7. The van der Waals surface area contributed by atoms with E-state index in [1.165, 1.54) is 17.6 Å². The van der Waals surface area contributed by atoms with Crippen molar-refractivity contribution in [1.82, 2.24) is 9.36 Å². The zero-order valence-electron chi connectivity index (χ0n) is 8.62. The van der Waals surface area contributed by atoms with Crippen LogP contribution in [0, 0.1) is 0 Å². The van der Waals surface area contributed by atoms with Crippen LogP contribution in [0.5, 0.6) is 10.9 Å². The third-order valence-electron chi connectivity index (χ3n) is 2.36. The fourth-order valence-corrected chi connectivity index (χ4v) is 2.63. The third kappa shape index (κ3) is 2.29. The minimum absolute atomic E-state index is 0.256. The number of ether oxygens (including phenoxy) is 1. The Balaban J connectivity index is 1.73. The summed E-state index contributed by atoms with van der Waals surface area (Å²) in [7, 11) is 0. The van der Waals surface area contributed by atoms with Crippen molar-refractivity contribution < 1.29 is 14.6 Å². The average molecular weight is 268 g/mol. The summed E-state index contributed by atoms with van der Waals surface area (Å²) in [6.45, 7) is 0. The summed E-state index contributed by atoms with van der Waals surface area (Å²) in [6, 6.07) is 1.49. The summed E-state index contributed by atoms with van der Waals surface area (Å²) < 4.78 is 9.67. The molecule has 3 rings (SSSR count). The van der Waals surface area contributed by atoms with Gasteiger partial charge >= 0.3 is 5.97 Å². The van der Waals surface area contributed by atoms with Crippen LogP contribution in [0.4, 0.5) is 0 Å². The molecule has 2 aromatic heterocycles. The molecule has 1 aliphatic rings. The molecular weight excluding hydrogens is 260 g/mol. The van der Waals surface area contributed by atoms with Gasteiger partial charge in [-0.3, -0.25) is 0 Å². The Morgan fingerprint density at radius 2 is 2.35 bits per heavy atom. The molecule has 0 atom stereocenters. The molecule has 1 saturated carbocycles. The number of nitrogens with zero attached hydrogens (tertiary/aromatic N) is 2. The topological polar surface area (TPSA) is 72.3 Å². The van der Waals surface area contributed by atoms with Crippen molar-refractivity contribution in [3.05, 3.63) is 22.1 Å². The Bertz CT molecular complexity index is 559. The predicted octanol–water partition coefficient (Wildman–Crippen LogP) is 2.97.